The maximum absolute atomic E-state index is 13.2. The molecule has 0 saturated heterocycles. The number of rotatable bonds is 6. The lowest BCUT2D eigenvalue weighted by atomic mass is 9.49. The standard InChI is InChI=1S/C25H39N3O3/c1-3-31-16-25(30)11-9-18-17(14-25)4-5-20-19(18)8-10-24(2)21(20)6-7-22(24)23(29)15-28-26-12-13-27-28/h12-13,17-22,30H,3-11,14-16H2,1-2H3/t17-,18-,19+,20+,21-,22+,24-,25+/m0/s1. The molecule has 0 aromatic carbocycles. The van der Waals surface area contributed by atoms with E-state index < -0.39 is 5.60 Å². The molecule has 172 valence electrons. The van der Waals surface area contributed by atoms with Crippen LogP contribution >= 0.6 is 0 Å². The van der Waals surface area contributed by atoms with Gasteiger partial charge in [0.25, 0.3) is 0 Å². The molecule has 4 saturated carbocycles. The van der Waals surface area contributed by atoms with Gasteiger partial charge in [-0.2, -0.15) is 15.0 Å². The highest BCUT2D eigenvalue weighted by molar-refractivity contribution is 5.81. The van der Waals surface area contributed by atoms with Crippen molar-refractivity contribution in [3.05, 3.63) is 12.4 Å². The number of fused-ring (bicyclic) bond motifs is 5. The van der Waals surface area contributed by atoms with Gasteiger partial charge in [-0.05, 0) is 99.7 Å². The first-order valence-electron chi connectivity index (χ1n) is 12.6. The minimum Gasteiger partial charge on any atom is -0.387 e. The van der Waals surface area contributed by atoms with Crippen LogP contribution in [0.3, 0.4) is 0 Å². The van der Waals surface area contributed by atoms with Crippen molar-refractivity contribution < 1.29 is 14.6 Å². The topological polar surface area (TPSA) is 77.2 Å². The highest BCUT2D eigenvalue weighted by Crippen LogP contribution is 2.64. The van der Waals surface area contributed by atoms with Gasteiger partial charge >= 0.3 is 0 Å². The Morgan fingerprint density at radius 1 is 1.06 bits per heavy atom. The lowest BCUT2D eigenvalue weighted by Crippen LogP contribution is -2.52. The van der Waals surface area contributed by atoms with Gasteiger partial charge < -0.3 is 9.84 Å². The SMILES string of the molecule is CCOC[C@@]1(O)CC[C@H]2[C@@H](CC[C@@H]3[C@@H]2CC[C@]2(C)[C@@H](C(=O)Cn4nccn4)CC[C@@H]32)C1. The van der Waals surface area contributed by atoms with E-state index in [1.165, 1.54) is 32.1 Å². The van der Waals surface area contributed by atoms with Gasteiger partial charge in [0.05, 0.1) is 24.6 Å². The number of aliphatic hydroxyl groups is 1. The first-order valence-corrected chi connectivity index (χ1v) is 12.6. The largest absolute Gasteiger partial charge is 0.387 e. The fourth-order valence-corrected chi connectivity index (χ4v) is 8.49. The van der Waals surface area contributed by atoms with Gasteiger partial charge in [-0.3, -0.25) is 4.79 Å². The fraction of sp³-hybridized carbons (Fsp3) is 0.880. The average molecular weight is 430 g/mol. The highest BCUT2D eigenvalue weighted by atomic mass is 16.5. The molecule has 1 aromatic rings. The second-order valence-electron chi connectivity index (χ2n) is 11.2. The predicted octanol–water partition coefficient (Wildman–Crippen LogP) is 3.88. The molecule has 4 fully saturated rings. The molecular formula is C25H39N3O3. The minimum atomic E-state index is -0.612. The number of carbonyl (C=O) groups is 1. The number of hydrogen-bond acceptors (Lipinski definition) is 5. The van der Waals surface area contributed by atoms with E-state index in [-0.39, 0.29) is 11.3 Å². The first kappa shape index (κ1) is 21.6. The number of ether oxygens (including phenoxy) is 1. The van der Waals surface area contributed by atoms with E-state index in [0.717, 1.165) is 43.4 Å². The summed E-state index contributed by atoms with van der Waals surface area (Å²) in [5.74, 6) is 4.12. The Labute approximate surface area is 186 Å². The maximum atomic E-state index is 13.2. The number of aromatic nitrogens is 3. The average Bonchev–Trinajstić information content (AvgIpc) is 3.39. The van der Waals surface area contributed by atoms with Gasteiger partial charge in [0, 0.05) is 12.5 Å². The van der Waals surface area contributed by atoms with Crippen molar-refractivity contribution in [2.75, 3.05) is 13.2 Å². The van der Waals surface area contributed by atoms with Gasteiger partial charge in [-0.15, -0.1) is 0 Å². The van der Waals surface area contributed by atoms with Crippen LogP contribution in [0.1, 0.15) is 71.6 Å². The van der Waals surface area contributed by atoms with E-state index in [1.807, 2.05) is 6.92 Å². The third kappa shape index (κ3) is 3.78. The molecule has 1 aromatic heterocycles. The molecule has 4 aliphatic carbocycles. The third-order valence-electron chi connectivity index (χ3n) is 9.83. The summed E-state index contributed by atoms with van der Waals surface area (Å²) >= 11 is 0. The van der Waals surface area contributed by atoms with Crippen molar-refractivity contribution in [1.29, 1.82) is 0 Å². The van der Waals surface area contributed by atoms with Crippen LogP contribution in [0.4, 0.5) is 0 Å². The maximum Gasteiger partial charge on any atom is 0.159 e. The molecule has 4 aliphatic rings. The van der Waals surface area contributed by atoms with Crippen molar-refractivity contribution in [1.82, 2.24) is 15.0 Å². The molecule has 5 rings (SSSR count). The van der Waals surface area contributed by atoms with Gasteiger partial charge in [0.1, 0.15) is 6.54 Å². The minimum absolute atomic E-state index is 0.141. The molecule has 0 amide bonds. The van der Waals surface area contributed by atoms with Crippen LogP contribution in [-0.4, -0.2) is 44.7 Å². The van der Waals surface area contributed by atoms with Crippen LogP contribution in [0.2, 0.25) is 0 Å². The fourth-order valence-electron chi connectivity index (χ4n) is 8.49. The lowest BCUT2D eigenvalue weighted by Gasteiger charge is -2.57. The van der Waals surface area contributed by atoms with Crippen molar-refractivity contribution in [2.24, 2.45) is 40.9 Å². The Hall–Kier alpha value is -1.27. The predicted molar refractivity (Wildman–Crippen MR) is 117 cm³/mol. The molecule has 1 heterocycles. The number of Topliss-reactive ketones (excluding diaryl/α,β-unsaturated/α-hetero) is 1. The Morgan fingerprint density at radius 2 is 1.84 bits per heavy atom. The Bertz CT molecular complexity index is 783. The zero-order chi connectivity index (χ0) is 21.6. The number of ketones is 1. The third-order valence-corrected chi connectivity index (χ3v) is 9.83. The van der Waals surface area contributed by atoms with Gasteiger partial charge in [0.15, 0.2) is 5.78 Å². The van der Waals surface area contributed by atoms with E-state index in [2.05, 4.69) is 17.1 Å². The van der Waals surface area contributed by atoms with E-state index in [1.54, 1.807) is 17.2 Å². The molecule has 31 heavy (non-hydrogen) atoms. The van der Waals surface area contributed by atoms with Gasteiger partial charge in [-0.25, -0.2) is 0 Å². The Kier molecular flexibility index (Phi) is 5.74. The summed E-state index contributed by atoms with van der Waals surface area (Å²) in [7, 11) is 0. The molecule has 0 unspecified atom stereocenters. The van der Waals surface area contributed by atoms with Crippen LogP contribution in [0, 0.1) is 40.9 Å². The zero-order valence-corrected chi connectivity index (χ0v) is 19.2. The molecular weight excluding hydrogens is 390 g/mol. The summed E-state index contributed by atoms with van der Waals surface area (Å²) in [6, 6.07) is 0. The normalized spacial score (nSPS) is 44.4. The summed E-state index contributed by atoms with van der Waals surface area (Å²) < 4.78 is 5.61. The molecule has 0 aliphatic heterocycles. The van der Waals surface area contributed by atoms with Crippen molar-refractivity contribution in [3.63, 3.8) is 0 Å². The molecule has 0 spiro atoms. The van der Waals surface area contributed by atoms with Gasteiger partial charge in [-0.1, -0.05) is 6.92 Å². The van der Waals surface area contributed by atoms with Crippen LogP contribution in [0.25, 0.3) is 0 Å². The smallest absolute Gasteiger partial charge is 0.159 e. The summed E-state index contributed by atoms with van der Waals surface area (Å²) in [6.45, 7) is 5.91. The highest BCUT2D eigenvalue weighted by Gasteiger charge is 2.59. The Balaban J connectivity index is 1.27. The van der Waals surface area contributed by atoms with Crippen LogP contribution in [0.5, 0.6) is 0 Å². The Morgan fingerprint density at radius 3 is 2.61 bits per heavy atom. The number of carbonyl (C=O) groups excluding carboxylic acids is 1. The monoisotopic (exact) mass is 429 g/mol. The van der Waals surface area contributed by atoms with Crippen molar-refractivity contribution in [2.45, 2.75) is 83.8 Å². The van der Waals surface area contributed by atoms with Crippen LogP contribution in [-0.2, 0) is 16.1 Å². The summed E-state index contributed by atoms with van der Waals surface area (Å²) in [4.78, 5) is 14.7. The first-order chi connectivity index (χ1) is 14.9. The molecule has 0 radical (unpaired) electrons. The summed E-state index contributed by atoms with van der Waals surface area (Å²) in [5, 5.41) is 19.4. The van der Waals surface area contributed by atoms with E-state index >= 15 is 0 Å². The second kappa shape index (κ2) is 8.26. The lowest BCUT2D eigenvalue weighted by molar-refractivity contribution is -0.138. The van der Waals surface area contributed by atoms with Crippen molar-refractivity contribution in [3.8, 4) is 0 Å². The van der Waals surface area contributed by atoms with Crippen molar-refractivity contribution >= 4 is 5.78 Å². The molecule has 1 N–H and O–H groups in total. The molecule has 6 heteroatoms. The quantitative estimate of drug-likeness (QED) is 0.742. The molecule has 0 bridgehead atoms. The van der Waals surface area contributed by atoms with E-state index in [4.69, 9.17) is 4.74 Å². The molecule has 6 nitrogen and oxygen atoms in total. The molecule has 8 atom stereocenters. The van der Waals surface area contributed by atoms with E-state index in [9.17, 15) is 9.90 Å². The van der Waals surface area contributed by atoms with E-state index in [0.29, 0.717) is 37.4 Å². The summed E-state index contributed by atoms with van der Waals surface area (Å²) in [5.41, 5.74) is -0.471. The van der Waals surface area contributed by atoms with Crippen LogP contribution < -0.4 is 0 Å². The number of nitrogens with zero attached hydrogens (tertiary/aromatic N) is 3. The van der Waals surface area contributed by atoms with Crippen LogP contribution in [0.15, 0.2) is 12.4 Å². The second-order valence-corrected chi connectivity index (χ2v) is 11.2. The van der Waals surface area contributed by atoms with Gasteiger partial charge in [0.2, 0.25) is 0 Å². The number of hydrogen-bond donors (Lipinski definition) is 1. The summed E-state index contributed by atoms with van der Waals surface area (Å²) in [6.07, 6.45) is 13.4. The zero-order valence-electron chi connectivity index (χ0n) is 19.2.